The molecule has 0 bridgehead atoms. The summed E-state index contributed by atoms with van der Waals surface area (Å²) in [4.78, 5) is 14.7. The second-order valence-corrected chi connectivity index (χ2v) is 7.09. The zero-order valence-corrected chi connectivity index (χ0v) is 14.7. The van der Waals surface area contributed by atoms with Gasteiger partial charge in [0.2, 0.25) is 5.91 Å². The number of nitriles is 1. The topological polar surface area (TPSA) is 56.1 Å². The fourth-order valence-electron chi connectivity index (χ4n) is 3.02. The Bertz CT molecular complexity index is 581. The van der Waals surface area contributed by atoms with Gasteiger partial charge in [-0.15, -0.1) is 0 Å². The van der Waals surface area contributed by atoms with Crippen LogP contribution >= 0.6 is 11.3 Å². The zero-order chi connectivity index (χ0) is 16.3. The number of thiophene rings is 1. The Morgan fingerprint density at radius 1 is 1.41 bits per heavy atom. The van der Waals surface area contributed by atoms with Crippen molar-refractivity contribution in [2.24, 2.45) is 5.92 Å². The predicted molar refractivity (Wildman–Crippen MR) is 92.5 cm³/mol. The van der Waals surface area contributed by atoms with Gasteiger partial charge in [0.25, 0.3) is 0 Å². The van der Waals surface area contributed by atoms with Crippen molar-refractivity contribution in [3.05, 3.63) is 11.1 Å². The maximum absolute atomic E-state index is 12.3. The van der Waals surface area contributed by atoms with E-state index < -0.39 is 0 Å². The molecule has 0 fully saturated rings. The molecule has 1 aromatic heterocycles. The summed E-state index contributed by atoms with van der Waals surface area (Å²) in [5, 5.41) is 14.4. The molecule has 0 aliphatic carbocycles. The van der Waals surface area contributed by atoms with Gasteiger partial charge in [0, 0.05) is 24.1 Å². The number of nitrogens with one attached hydrogen (secondary N) is 1. The van der Waals surface area contributed by atoms with E-state index in [9.17, 15) is 10.1 Å². The third-order valence-electron chi connectivity index (χ3n) is 4.40. The lowest BCUT2D eigenvalue weighted by Gasteiger charge is -2.32. The van der Waals surface area contributed by atoms with Crippen molar-refractivity contribution in [2.45, 2.75) is 59.4 Å². The highest BCUT2D eigenvalue weighted by Gasteiger charge is 2.28. The van der Waals surface area contributed by atoms with Crippen LogP contribution in [0.15, 0.2) is 0 Å². The third kappa shape index (κ3) is 3.12. The van der Waals surface area contributed by atoms with E-state index in [4.69, 9.17) is 0 Å². The van der Waals surface area contributed by atoms with Gasteiger partial charge in [-0.05, 0) is 39.5 Å². The van der Waals surface area contributed by atoms with Gasteiger partial charge in [-0.3, -0.25) is 4.79 Å². The summed E-state index contributed by atoms with van der Waals surface area (Å²) in [6.07, 6.45) is 3.65. The van der Waals surface area contributed by atoms with Crippen LogP contribution in [0.25, 0.3) is 0 Å². The molecule has 1 N–H and O–H groups in total. The Hall–Kier alpha value is -1.54. The van der Waals surface area contributed by atoms with E-state index in [2.05, 4.69) is 30.1 Å². The normalized spacial score (nSPS) is 14.1. The maximum atomic E-state index is 12.3. The fraction of sp³-hybridized carbons (Fsp3) is 0.647. The third-order valence-corrected chi connectivity index (χ3v) is 5.59. The van der Waals surface area contributed by atoms with Crippen molar-refractivity contribution in [3.63, 3.8) is 0 Å². The lowest BCUT2D eigenvalue weighted by Crippen LogP contribution is -2.34. The van der Waals surface area contributed by atoms with E-state index in [-0.39, 0.29) is 11.8 Å². The Morgan fingerprint density at radius 2 is 2.09 bits per heavy atom. The zero-order valence-electron chi connectivity index (χ0n) is 13.9. The molecule has 120 valence electrons. The van der Waals surface area contributed by atoms with Crippen LogP contribution in [0.4, 0.5) is 10.0 Å². The highest BCUT2D eigenvalue weighted by Crippen LogP contribution is 2.43. The molecule has 1 aliphatic rings. The monoisotopic (exact) mass is 319 g/mol. The average molecular weight is 319 g/mol. The molecule has 0 unspecified atom stereocenters. The summed E-state index contributed by atoms with van der Waals surface area (Å²) in [6, 6.07) is 2.72. The van der Waals surface area contributed by atoms with Crippen molar-refractivity contribution in [3.8, 4) is 6.07 Å². The Kier molecular flexibility index (Phi) is 5.47. The molecule has 2 heterocycles. The van der Waals surface area contributed by atoms with Crippen molar-refractivity contribution < 1.29 is 4.79 Å². The molecule has 0 saturated heterocycles. The Labute approximate surface area is 137 Å². The number of rotatable bonds is 5. The van der Waals surface area contributed by atoms with Gasteiger partial charge in [-0.1, -0.05) is 25.2 Å². The van der Waals surface area contributed by atoms with E-state index in [1.807, 2.05) is 13.8 Å². The molecule has 1 aromatic rings. The van der Waals surface area contributed by atoms with E-state index in [1.165, 1.54) is 0 Å². The minimum atomic E-state index is 0.0203. The SMILES string of the molecule is CCC(CC)C(=O)Nc1sc2c(c1C#N)CCCN2C(C)C. The molecule has 4 nitrogen and oxygen atoms in total. The number of anilines is 2. The molecule has 0 spiro atoms. The van der Waals surface area contributed by atoms with Crippen LogP contribution in [0.3, 0.4) is 0 Å². The number of carbonyl (C=O) groups excluding carboxylic acids is 1. The highest BCUT2D eigenvalue weighted by molar-refractivity contribution is 7.20. The van der Waals surface area contributed by atoms with Crippen LogP contribution in [-0.4, -0.2) is 18.5 Å². The largest absolute Gasteiger partial charge is 0.361 e. The van der Waals surface area contributed by atoms with Gasteiger partial charge in [-0.2, -0.15) is 5.26 Å². The molecular weight excluding hydrogens is 294 g/mol. The molecule has 0 radical (unpaired) electrons. The maximum Gasteiger partial charge on any atom is 0.228 e. The van der Waals surface area contributed by atoms with Crippen LogP contribution in [0.1, 0.15) is 58.1 Å². The summed E-state index contributed by atoms with van der Waals surface area (Å²) in [5.74, 6) is 0.0584. The van der Waals surface area contributed by atoms with Crippen molar-refractivity contribution >= 4 is 27.2 Å². The fourth-order valence-corrected chi connectivity index (χ4v) is 4.38. The summed E-state index contributed by atoms with van der Waals surface area (Å²) in [5.41, 5.74) is 1.79. The van der Waals surface area contributed by atoms with Crippen molar-refractivity contribution in [1.82, 2.24) is 0 Å². The Morgan fingerprint density at radius 3 is 2.64 bits per heavy atom. The second-order valence-electron chi connectivity index (χ2n) is 6.10. The van der Waals surface area contributed by atoms with Gasteiger partial charge < -0.3 is 10.2 Å². The van der Waals surface area contributed by atoms with Crippen LogP contribution < -0.4 is 10.2 Å². The lowest BCUT2D eigenvalue weighted by molar-refractivity contribution is -0.120. The molecular formula is C17H25N3OS. The van der Waals surface area contributed by atoms with Gasteiger partial charge in [0.15, 0.2) is 0 Å². The first-order chi connectivity index (χ1) is 10.5. The molecule has 1 amide bonds. The minimum absolute atomic E-state index is 0.0203. The van der Waals surface area contributed by atoms with Crippen LogP contribution in [-0.2, 0) is 11.2 Å². The molecule has 0 saturated carbocycles. The molecule has 0 atom stereocenters. The summed E-state index contributed by atoms with van der Waals surface area (Å²) in [6.45, 7) is 9.42. The number of carbonyl (C=O) groups is 1. The van der Waals surface area contributed by atoms with Gasteiger partial charge in [0.1, 0.15) is 11.1 Å². The van der Waals surface area contributed by atoms with Gasteiger partial charge >= 0.3 is 0 Å². The second kappa shape index (κ2) is 7.15. The lowest BCUT2D eigenvalue weighted by atomic mass is 10.0. The smallest absolute Gasteiger partial charge is 0.228 e. The molecule has 5 heteroatoms. The van der Waals surface area contributed by atoms with Crippen LogP contribution in [0, 0.1) is 17.2 Å². The number of fused-ring (bicyclic) bond motifs is 1. The first kappa shape index (κ1) is 16.8. The summed E-state index contributed by atoms with van der Waals surface area (Å²) in [7, 11) is 0. The molecule has 22 heavy (non-hydrogen) atoms. The van der Waals surface area contributed by atoms with E-state index in [1.54, 1.807) is 11.3 Å². The summed E-state index contributed by atoms with van der Waals surface area (Å²) < 4.78 is 0. The number of amides is 1. The van der Waals surface area contributed by atoms with E-state index >= 15 is 0 Å². The first-order valence-electron chi connectivity index (χ1n) is 8.16. The first-order valence-corrected chi connectivity index (χ1v) is 8.98. The minimum Gasteiger partial charge on any atom is -0.361 e. The molecule has 2 rings (SSSR count). The average Bonchev–Trinajstić information content (AvgIpc) is 2.84. The standard InChI is InChI=1S/C17H25N3OS/c1-5-12(6-2)15(21)19-16-14(10-18)13-8-7-9-20(11(3)4)17(13)22-16/h11-12H,5-9H2,1-4H3,(H,19,21). The quantitative estimate of drug-likeness (QED) is 0.886. The van der Waals surface area contributed by atoms with Crippen LogP contribution in [0.2, 0.25) is 0 Å². The van der Waals surface area contributed by atoms with Crippen molar-refractivity contribution in [1.29, 1.82) is 5.26 Å². The van der Waals surface area contributed by atoms with Crippen LogP contribution in [0.5, 0.6) is 0 Å². The number of hydrogen-bond acceptors (Lipinski definition) is 4. The summed E-state index contributed by atoms with van der Waals surface area (Å²) >= 11 is 1.56. The number of hydrogen-bond donors (Lipinski definition) is 1. The highest BCUT2D eigenvalue weighted by atomic mass is 32.1. The van der Waals surface area contributed by atoms with Gasteiger partial charge in [-0.25, -0.2) is 0 Å². The number of nitrogens with zero attached hydrogens (tertiary/aromatic N) is 2. The van der Waals surface area contributed by atoms with E-state index in [0.717, 1.165) is 47.8 Å². The Balaban J connectivity index is 2.34. The molecule has 1 aliphatic heterocycles. The van der Waals surface area contributed by atoms with Gasteiger partial charge in [0.05, 0.1) is 10.6 Å². The predicted octanol–water partition coefficient (Wildman–Crippen LogP) is 4.16. The van der Waals surface area contributed by atoms with Crippen molar-refractivity contribution in [2.75, 3.05) is 16.8 Å². The van der Waals surface area contributed by atoms with E-state index in [0.29, 0.717) is 11.6 Å². The molecule has 0 aromatic carbocycles.